The Morgan fingerprint density at radius 3 is 2.53 bits per heavy atom. The van der Waals surface area contributed by atoms with Gasteiger partial charge in [-0.25, -0.2) is 9.97 Å². The van der Waals surface area contributed by atoms with Crippen LogP contribution < -0.4 is 15.0 Å². The summed E-state index contributed by atoms with van der Waals surface area (Å²) in [6, 6.07) is 15.4. The van der Waals surface area contributed by atoms with Crippen LogP contribution in [0.4, 0.5) is 11.6 Å². The number of nitrogens with zero attached hydrogens (tertiary/aromatic N) is 6. The van der Waals surface area contributed by atoms with Gasteiger partial charge in [-0.1, -0.05) is 30.3 Å². The predicted octanol–water partition coefficient (Wildman–Crippen LogP) is 1.85. The second-order valence-corrected chi connectivity index (χ2v) is 6.93. The molecule has 0 aliphatic carbocycles. The number of hydrogen-bond acceptors (Lipinski definition) is 8. The molecule has 1 aliphatic heterocycles. The van der Waals surface area contributed by atoms with E-state index in [1.807, 2.05) is 6.07 Å². The van der Waals surface area contributed by atoms with Gasteiger partial charge in [0, 0.05) is 44.9 Å². The monoisotopic (exact) mass is 405 g/mol. The first-order chi connectivity index (χ1) is 14.7. The smallest absolute Gasteiger partial charge is 0.277 e. The standard InChI is InChI=1S/C21H23N7O2/c1-30-20-8-7-17(25-26-20)21(29)24-18-13-19(23-15-22-18)28-11-9-27(10-12-28)14-16-5-3-2-4-6-16/h2-8,13,15H,9-12,14H2,1H3,(H,22,23,24,29). The molecule has 1 aliphatic rings. The zero-order valence-corrected chi connectivity index (χ0v) is 16.7. The van der Waals surface area contributed by atoms with Crippen molar-refractivity contribution in [3.8, 4) is 5.88 Å². The molecule has 3 aromatic rings. The van der Waals surface area contributed by atoms with Crippen molar-refractivity contribution in [2.45, 2.75) is 6.54 Å². The number of carbonyl (C=O) groups is 1. The van der Waals surface area contributed by atoms with Gasteiger partial charge in [0.05, 0.1) is 7.11 Å². The number of benzene rings is 1. The summed E-state index contributed by atoms with van der Waals surface area (Å²) in [6.45, 7) is 4.56. The summed E-state index contributed by atoms with van der Waals surface area (Å²) in [4.78, 5) is 25.5. The van der Waals surface area contributed by atoms with Gasteiger partial charge in [0.2, 0.25) is 5.88 Å². The molecule has 9 nitrogen and oxygen atoms in total. The predicted molar refractivity (Wildman–Crippen MR) is 113 cm³/mol. The van der Waals surface area contributed by atoms with Gasteiger partial charge in [-0.05, 0) is 11.6 Å². The van der Waals surface area contributed by atoms with Crippen molar-refractivity contribution in [3.63, 3.8) is 0 Å². The Labute approximate surface area is 174 Å². The molecular formula is C21H23N7O2. The molecule has 0 atom stereocenters. The number of aromatic nitrogens is 4. The van der Waals surface area contributed by atoms with Gasteiger partial charge in [-0.2, -0.15) is 0 Å². The normalized spacial score (nSPS) is 14.4. The fourth-order valence-electron chi connectivity index (χ4n) is 3.30. The Morgan fingerprint density at radius 2 is 1.83 bits per heavy atom. The Balaban J connectivity index is 1.34. The van der Waals surface area contributed by atoms with Crippen LogP contribution in [0.15, 0.2) is 54.9 Å². The van der Waals surface area contributed by atoms with Gasteiger partial charge in [0.25, 0.3) is 5.91 Å². The molecule has 1 aromatic carbocycles. The first kappa shape index (κ1) is 19.7. The van der Waals surface area contributed by atoms with Crippen molar-refractivity contribution >= 4 is 17.5 Å². The summed E-state index contributed by atoms with van der Waals surface area (Å²) in [7, 11) is 1.49. The van der Waals surface area contributed by atoms with Crippen LogP contribution in [0.1, 0.15) is 16.1 Å². The van der Waals surface area contributed by atoms with Crippen molar-refractivity contribution in [1.82, 2.24) is 25.1 Å². The minimum Gasteiger partial charge on any atom is -0.480 e. The van der Waals surface area contributed by atoms with Crippen LogP contribution in [-0.2, 0) is 6.54 Å². The molecule has 4 rings (SSSR count). The number of carbonyl (C=O) groups excluding carboxylic acids is 1. The van der Waals surface area contributed by atoms with E-state index in [1.54, 1.807) is 18.2 Å². The van der Waals surface area contributed by atoms with Gasteiger partial charge in [0.1, 0.15) is 18.0 Å². The number of methoxy groups -OCH3 is 1. The highest BCUT2D eigenvalue weighted by Crippen LogP contribution is 2.18. The quantitative estimate of drug-likeness (QED) is 0.664. The fraction of sp³-hybridized carbons (Fsp3) is 0.286. The minimum atomic E-state index is -0.387. The van der Waals surface area contributed by atoms with Crippen molar-refractivity contribution in [2.24, 2.45) is 0 Å². The highest BCUT2D eigenvalue weighted by molar-refractivity contribution is 6.02. The lowest BCUT2D eigenvalue weighted by molar-refractivity contribution is 0.102. The lowest BCUT2D eigenvalue weighted by Gasteiger charge is -2.35. The second kappa shape index (κ2) is 9.27. The van der Waals surface area contributed by atoms with Crippen molar-refractivity contribution < 1.29 is 9.53 Å². The van der Waals surface area contributed by atoms with Crippen LogP contribution in [0.25, 0.3) is 0 Å². The van der Waals surface area contributed by atoms with Crippen LogP contribution >= 0.6 is 0 Å². The zero-order valence-electron chi connectivity index (χ0n) is 16.7. The molecule has 1 N–H and O–H groups in total. The van der Waals surface area contributed by atoms with Crippen molar-refractivity contribution in [3.05, 3.63) is 66.1 Å². The van der Waals surface area contributed by atoms with E-state index >= 15 is 0 Å². The fourth-order valence-corrected chi connectivity index (χ4v) is 3.30. The summed E-state index contributed by atoms with van der Waals surface area (Å²) >= 11 is 0. The van der Waals surface area contributed by atoms with Gasteiger partial charge >= 0.3 is 0 Å². The lowest BCUT2D eigenvalue weighted by atomic mass is 10.2. The van der Waals surface area contributed by atoms with Gasteiger partial charge in [-0.3, -0.25) is 9.69 Å². The maximum absolute atomic E-state index is 12.4. The molecule has 1 fully saturated rings. The molecule has 0 unspecified atom stereocenters. The van der Waals surface area contributed by atoms with Crippen LogP contribution in [0.3, 0.4) is 0 Å². The molecule has 1 amide bonds. The Bertz CT molecular complexity index is 974. The maximum atomic E-state index is 12.4. The number of anilines is 2. The summed E-state index contributed by atoms with van der Waals surface area (Å²) in [5, 5.41) is 10.4. The highest BCUT2D eigenvalue weighted by Gasteiger charge is 2.19. The molecule has 3 heterocycles. The SMILES string of the molecule is COc1ccc(C(=O)Nc2cc(N3CCN(Cc4ccccc4)CC3)ncn2)nn1. The van der Waals surface area contributed by atoms with Crippen LogP contribution in [0.2, 0.25) is 0 Å². The molecule has 0 radical (unpaired) electrons. The largest absolute Gasteiger partial charge is 0.480 e. The number of ether oxygens (including phenoxy) is 1. The van der Waals surface area contributed by atoms with E-state index in [0.29, 0.717) is 11.7 Å². The van der Waals surface area contributed by atoms with E-state index < -0.39 is 0 Å². The summed E-state index contributed by atoms with van der Waals surface area (Å²) in [5.74, 6) is 1.18. The highest BCUT2D eigenvalue weighted by atomic mass is 16.5. The third-order valence-corrected chi connectivity index (χ3v) is 4.92. The van der Waals surface area contributed by atoms with E-state index in [-0.39, 0.29) is 11.6 Å². The molecule has 0 saturated carbocycles. The Morgan fingerprint density at radius 1 is 1.03 bits per heavy atom. The molecular weight excluding hydrogens is 382 g/mol. The number of rotatable bonds is 6. The summed E-state index contributed by atoms with van der Waals surface area (Å²) in [5.41, 5.74) is 1.50. The van der Waals surface area contributed by atoms with Crippen molar-refractivity contribution in [2.75, 3.05) is 43.5 Å². The number of piperazine rings is 1. The third kappa shape index (κ3) is 4.87. The average Bonchev–Trinajstić information content (AvgIpc) is 2.80. The molecule has 1 saturated heterocycles. The Hall–Kier alpha value is -3.59. The van der Waals surface area contributed by atoms with E-state index in [0.717, 1.165) is 38.5 Å². The molecule has 0 bridgehead atoms. The maximum Gasteiger partial charge on any atom is 0.277 e. The van der Waals surface area contributed by atoms with Gasteiger partial charge < -0.3 is 15.0 Å². The second-order valence-electron chi connectivity index (χ2n) is 6.93. The third-order valence-electron chi connectivity index (χ3n) is 4.92. The van der Waals surface area contributed by atoms with Crippen molar-refractivity contribution in [1.29, 1.82) is 0 Å². The molecule has 2 aromatic heterocycles. The van der Waals surface area contributed by atoms with E-state index in [9.17, 15) is 4.79 Å². The molecule has 30 heavy (non-hydrogen) atoms. The van der Waals surface area contributed by atoms with Crippen LogP contribution in [-0.4, -0.2) is 64.3 Å². The number of amides is 1. The summed E-state index contributed by atoms with van der Waals surface area (Å²) < 4.78 is 4.96. The number of hydrogen-bond donors (Lipinski definition) is 1. The average molecular weight is 405 g/mol. The topological polar surface area (TPSA) is 96.4 Å². The van der Waals surface area contributed by atoms with Crippen LogP contribution in [0.5, 0.6) is 5.88 Å². The van der Waals surface area contributed by atoms with Gasteiger partial charge in [-0.15, -0.1) is 10.2 Å². The van der Waals surface area contributed by atoms with E-state index in [2.05, 4.69) is 59.5 Å². The van der Waals surface area contributed by atoms with Gasteiger partial charge in [0.15, 0.2) is 5.69 Å². The number of nitrogens with one attached hydrogen (secondary N) is 1. The lowest BCUT2D eigenvalue weighted by Crippen LogP contribution is -2.46. The Kier molecular flexibility index (Phi) is 6.09. The molecule has 9 heteroatoms. The summed E-state index contributed by atoms with van der Waals surface area (Å²) in [6.07, 6.45) is 1.46. The van der Waals surface area contributed by atoms with E-state index in [4.69, 9.17) is 4.74 Å². The minimum absolute atomic E-state index is 0.186. The molecule has 154 valence electrons. The van der Waals surface area contributed by atoms with E-state index in [1.165, 1.54) is 19.0 Å². The zero-order chi connectivity index (χ0) is 20.8. The first-order valence-electron chi connectivity index (χ1n) is 9.73. The molecule has 0 spiro atoms. The first-order valence-corrected chi connectivity index (χ1v) is 9.73. The van der Waals surface area contributed by atoms with Crippen LogP contribution in [0, 0.1) is 0 Å².